The number of hydrogen-bond donors (Lipinski definition) is 1. The van der Waals surface area contributed by atoms with Crippen LogP contribution in [-0.4, -0.2) is 22.9 Å². The summed E-state index contributed by atoms with van der Waals surface area (Å²) in [6.07, 6.45) is 15.0. The average Bonchev–Trinajstić information content (AvgIpc) is 3.15. The molecule has 2 aromatic rings. The van der Waals surface area contributed by atoms with Crippen LogP contribution in [0.5, 0.6) is 11.6 Å². The molecule has 1 aromatic carbocycles. The molecule has 0 spiro atoms. The van der Waals surface area contributed by atoms with Gasteiger partial charge in [0.2, 0.25) is 5.88 Å². The molecule has 1 saturated carbocycles. The molecule has 1 aromatic heterocycles. The zero-order valence-corrected chi connectivity index (χ0v) is 16.6. The maximum absolute atomic E-state index is 11.6. The van der Waals surface area contributed by atoms with E-state index in [2.05, 4.69) is 27.4 Å². The van der Waals surface area contributed by atoms with Gasteiger partial charge in [-0.3, -0.25) is 4.79 Å². The van der Waals surface area contributed by atoms with Gasteiger partial charge >= 0.3 is 0 Å². The first-order chi connectivity index (χ1) is 13.7. The summed E-state index contributed by atoms with van der Waals surface area (Å²) < 4.78 is 5.88. The van der Waals surface area contributed by atoms with Crippen molar-refractivity contribution in [3.63, 3.8) is 0 Å². The number of carbonyl (C=O) groups is 1. The molecule has 1 fully saturated rings. The van der Waals surface area contributed by atoms with Crippen LogP contribution in [0.15, 0.2) is 30.6 Å². The van der Waals surface area contributed by atoms with E-state index in [0.29, 0.717) is 5.88 Å². The number of rotatable bonds is 5. The molecule has 148 valence electrons. The molecule has 1 atom stereocenters. The smallest absolute Gasteiger partial charge is 0.271 e. The molecule has 0 radical (unpaired) electrons. The third-order valence-corrected chi connectivity index (χ3v) is 6.27. The Kier molecular flexibility index (Phi) is 5.89. The largest absolute Gasteiger partial charge is 0.437 e. The first kappa shape index (κ1) is 18.9. The normalized spacial score (nSPS) is 19.7. The lowest BCUT2D eigenvalue weighted by molar-refractivity contribution is 0.0957. The van der Waals surface area contributed by atoms with E-state index in [1.54, 1.807) is 7.05 Å². The van der Waals surface area contributed by atoms with Gasteiger partial charge in [0.25, 0.3) is 5.91 Å². The lowest BCUT2D eigenvalue weighted by Gasteiger charge is -2.18. The summed E-state index contributed by atoms with van der Waals surface area (Å²) in [4.78, 5) is 19.9. The summed E-state index contributed by atoms with van der Waals surface area (Å²) in [7, 11) is 1.57. The SMILES string of the molecule is CNC(=O)c1cnc(Oc2ccc3c(c2)CCC(CC2CCCC2)CC3)cn1. The number of amides is 1. The van der Waals surface area contributed by atoms with Crippen LogP contribution in [0.2, 0.25) is 0 Å². The topological polar surface area (TPSA) is 64.1 Å². The van der Waals surface area contributed by atoms with Crippen molar-refractivity contribution in [2.24, 2.45) is 11.8 Å². The highest BCUT2D eigenvalue weighted by molar-refractivity contribution is 5.91. The molecule has 0 saturated heterocycles. The highest BCUT2D eigenvalue weighted by Crippen LogP contribution is 2.36. The Hall–Kier alpha value is -2.43. The highest BCUT2D eigenvalue weighted by Gasteiger charge is 2.22. The van der Waals surface area contributed by atoms with Gasteiger partial charge in [-0.1, -0.05) is 31.7 Å². The van der Waals surface area contributed by atoms with Gasteiger partial charge in [0.1, 0.15) is 11.4 Å². The lowest BCUT2D eigenvalue weighted by Crippen LogP contribution is -2.19. The van der Waals surface area contributed by atoms with E-state index in [4.69, 9.17) is 4.74 Å². The Morgan fingerprint density at radius 2 is 1.79 bits per heavy atom. The second-order valence-corrected chi connectivity index (χ2v) is 8.18. The average molecular weight is 380 g/mol. The van der Waals surface area contributed by atoms with E-state index in [9.17, 15) is 4.79 Å². The molecular weight excluding hydrogens is 350 g/mol. The van der Waals surface area contributed by atoms with Gasteiger partial charge in [-0.05, 0) is 67.2 Å². The van der Waals surface area contributed by atoms with Crippen molar-refractivity contribution >= 4 is 5.91 Å². The third kappa shape index (κ3) is 4.51. The molecule has 5 nitrogen and oxygen atoms in total. The zero-order valence-electron chi connectivity index (χ0n) is 16.6. The van der Waals surface area contributed by atoms with Gasteiger partial charge in [0.05, 0.1) is 12.4 Å². The van der Waals surface area contributed by atoms with Crippen LogP contribution in [0.4, 0.5) is 0 Å². The number of nitrogens with one attached hydrogen (secondary N) is 1. The molecule has 1 heterocycles. The number of hydrogen-bond acceptors (Lipinski definition) is 4. The maximum atomic E-state index is 11.6. The summed E-state index contributed by atoms with van der Waals surface area (Å²) in [5.41, 5.74) is 3.15. The van der Waals surface area contributed by atoms with Crippen molar-refractivity contribution in [1.29, 1.82) is 0 Å². The van der Waals surface area contributed by atoms with E-state index >= 15 is 0 Å². The van der Waals surface area contributed by atoms with E-state index in [1.165, 1.54) is 74.9 Å². The summed E-state index contributed by atoms with van der Waals surface area (Å²) in [5, 5.41) is 2.53. The molecule has 4 rings (SSSR count). The zero-order chi connectivity index (χ0) is 19.3. The summed E-state index contributed by atoms with van der Waals surface area (Å²) >= 11 is 0. The molecule has 1 N–H and O–H groups in total. The molecule has 0 aliphatic heterocycles. The molecule has 2 aliphatic carbocycles. The molecule has 1 amide bonds. The predicted molar refractivity (Wildman–Crippen MR) is 109 cm³/mol. The summed E-state index contributed by atoms with van der Waals surface area (Å²) in [6, 6.07) is 6.38. The van der Waals surface area contributed by atoms with E-state index < -0.39 is 0 Å². The number of aryl methyl sites for hydroxylation is 2. The molecule has 0 bridgehead atoms. The Labute approximate surface area is 166 Å². The van der Waals surface area contributed by atoms with Crippen molar-refractivity contribution in [3.8, 4) is 11.6 Å². The lowest BCUT2D eigenvalue weighted by atomic mass is 9.88. The van der Waals surface area contributed by atoms with Crippen LogP contribution >= 0.6 is 0 Å². The van der Waals surface area contributed by atoms with Crippen LogP contribution in [0.3, 0.4) is 0 Å². The number of aromatic nitrogens is 2. The van der Waals surface area contributed by atoms with Gasteiger partial charge in [-0.25, -0.2) is 9.97 Å². The number of fused-ring (bicyclic) bond motifs is 1. The molecule has 1 unspecified atom stereocenters. The van der Waals surface area contributed by atoms with Crippen LogP contribution in [0.1, 0.15) is 66.6 Å². The van der Waals surface area contributed by atoms with Crippen LogP contribution < -0.4 is 10.1 Å². The van der Waals surface area contributed by atoms with Gasteiger partial charge in [-0.15, -0.1) is 0 Å². The third-order valence-electron chi connectivity index (χ3n) is 6.27. The second-order valence-electron chi connectivity index (χ2n) is 8.18. The predicted octanol–water partition coefficient (Wildman–Crippen LogP) is 4.70. The van der Waals surface area contributed by atoms with Gasteiger partial charge in [-0.2, -0.15) is 0 Å². The Balaban J connectivity index is 1.39. The Morgan fingerprint density at radius 3 is 2.50 bits per heavy atom. The second kappa shape index (κ2) is 8.72. The minimum absolute atomic E-state index is 0.253. The quantitative estimate of drug-likeness (QED) is 0.765. The Bertz CT molecular complexity index is 813. The van der Waals surface area contributed by atoms with Crippen LogP contribution in [0.25, 0.3) is 0 Å². The van der Waals surface area contributed by atoms with Crippen molar-refractivity contribution in [2.75, 3.05) is 7.05 Å². The minimum atomic E-state index is -0.253. The summed E-state index contributed by atoms with van der Waals surface area (Å²) in [5.74, 6) is 2.77. The van der Waals surface area contributed by atoms with Gasteiger partial charge in [0.15, 0.2) is 0 Å². The first-order valence-corrected chi connectivity index (χ1v) is 10.5. The fourth-order valence-corrected chi connectivity index (χ4v) is 4.69. The number of benzene rings is 1. The molecule has 5 heteroatoms. The van der Waals surface area contributed by atoms with Crippen molar-refractivity contribution < 1.29 is 9.53 Å². The highest BCUT2D eigenvalue weighted by atomic mass is 16.5. The number of ether oxygens (including phenoxy) is 1. The molecule has 2 aliphatic rings. The summed E-state index contributed by atoms with van der Waals surface area (Å²) in [6.45, 7) is 0. The van der Waals surface area contributed by atoms with Crippen molar-refractivity contribution in [3.05, 3.63) is 47.4 Å². The van der Waals surface area contributed by atoms with Crippen molar-refractivity contribution in [1.82, 2.24) is 15.3 Å². The fraction of sp³-hybridized carbons (Fsp3) is 0.522. The van der Waals surface area contributed by atoms with Crippen LogP contribution in [0, 0.1) is 11.8 Å². The maximum Gasteiger partial charge on any atom is 0.271 e. The van der Waals surface area contributed by atoms with Gasteiger partial charge < -0.3 is 10.1 Å². The fourth-order valence-electron chi connectivity index (χ4n) is 4.69. The number of carbonyl (C=O) groups excluding carboxylic acids is 1. The van der Waals surface area contributed by atoms with Gasteiger partial charge in [0, 0.05) is 7.05 Å². The van der Waals surface area contributed by atoms with E-state index in [-0.39, 0.29) is 11.6 Å². The molecular formula is C23H29N3O2. The molecule has 28 heavy (non-hydrogen) atoms. The standard InChI is InChI=1S/C23H29N3O2/c1-24-23(27)21-14-26-22(15-25-21)28-20-11-10-18-8-6-17(7-9-19(18)13-20)12-16-4-2-3-5-16/h10-11,13-17H,2-9,12H2,1H3,(H,24,27). The monoisotopic (exact) mass is 379 g/mol. The minimum Gasteiger partial charge on any atom is -0.437 e. The first-order valence-electron chi connectivity index (χ1n) is 10.5. The Morgan fingerprint density at radius 1 is 1.04 bits per heavy atom. The number of nitrogens with zero attached hydrogens (tertiary/aromatic N) is 2. The van der Waals surface area contributed by atoms with Crippen LogP contribution in [-0.2, 0) is 12.8 Å². The van der Waals surface area contributed by atoms with Crippen molar-refractivity contribution in [2.45, 2.75) is 57.8 Å². The van der Waals surface area contributed by atoms with E-state index in [1.807, 2.05) is 6.07 Å². The van der Waals surface area contributed by atoms with E-state index in [0.717, 1.165) is 24.0 Å².